The molecule has 3 rings (SSSR count). The van der Waals surface area contributed by atoms with Crippen LogP contribution in [-0.2, 0) is 16.0 Å². The van der Waals surface area contributed by atoms with Gasteiger partial charge in [-0.05, 0) is 42.3 Å². The third-order valence-electron chi connectivity index (χ3n) is 5.61. The number of fused-ring (bicyclic) bond motifs is 1. The molecule has 2 unspecified atom stereocenters. The van der Waals surface area contributed by atoms with Crippen LogP contribution in [0.25, 0.3) is 0 Å². The van der Waals surface area contributed by atoms with Crippen molar-refractivity contribution in [3.05, 3.63) is 57.8 Å². The molecule has 0 fully saturated rings. The van der Waals surface area contributed by atoms with E-state index in [-0.39, 0.29) is 36.4 Å². The van der Waals surface area contributed by atoms with Gasteiger partial charge in [-0.25, -0.2) is 0 Å². The number of amides is 2. The van der Waals surface area contributed by atoms with Crippen molar-refractivity contribution in [3.8, 4) is 0 Å². The van der Waals surface area contributed by atoms with Gasteiger partial charge in [0.05, 0.1) is 6.04 Å². The molecule has 150 valence electrons. The van der Waals surface area contributed by atoms with Crippen LogP contribution in [0.4, 0.5) is 0 Å². The molecule has 1 aromatic carbocycles. The van der Waals surface area contributed by atoms with Crippen LogP contribution in [0.5, 0.6) is 0 Å². The quantitative estimate of drug-likeness (QED) is 0.718. The summed E-state index contributed by atoms with van der Waals surface area (Å²) in [6, 6.07) is 12.3. The second kappa shape index (κ2) is 8.91. The fourth-order valence-corrected chi connectivity index (χ4v) is 4.72. The largest absolute Gasteiger partial charge is 0.330 e. The zero-order chi connectivity index (χ0) is 20.3. The third-order valence-corrected chi connectivity index (χ3v) is 6.60. The number of benzene rings is 1. The average molecular weight is 399 g/mol. The molecule has 0 spiro atoms. The van der Waals surface area contributed by atoms with Crippen molar-refractivity contribution in [2.75, 3.05) is 13.1 Å². The number of rotatable bonds is 6. The van der Waals surface area contributed by atoms with Crippen molar-refractivity contribution in [1.29, 1.82) is 0 Å². The SMILES string of the molecule is CCC(C)N(CC(=O)N1CCc2sccc2C1c1ccccc1)C(=O)C(C)C. The predicted molar refractivity (Wildman–Crippen MR) is 114 cm³/mol. The Hall–Kier alpha value is -2.14. The van der Waals surface area contributed by atoms with E-state index in [1.54, 1.807) is 16.2 Å². The first kappa shape index (κ1) is 20.6. The zero-order valence-electron chi connectivity index (χ0n) is 17.2. The first-order valence-electron chi connectivity index (χ1n) is 10.1. The van der Waals surface area contributed by atoms with Crippen LogP contribution in [0.15, 0.2) is 41.8 Å². The molecular formula is C23H30N2O2S. The van der Waals surface area contributed by atoms with Gasteiger partial charge >= 0.3 is 0 Å². The average Bonchev–Trinajstić information content (AvgIpc) is 3.19. The maximum Gasteiger partial charge on any atom is 0.243 e. The molecule has 1 aliphatic heterocycles. The highest BCUT2D eigenvalue weighted by molar-refractivity contribution is 7.10. The molecule has 0 N–H and O–H groups in total. The normalized spacial score (nSPS) is 17.3. The number of hydrogen-bond acceptors (Lipinski definition) is 3. The molecule has 4 nitrogen and oxygen atoms in total. The van der Waals surface area contributed by atoms with Gasteiger partial charge in [-0.2, -0.15) is 0 Å². The van der Waals surface area contributed by atoms with E-state index in [1.807, 2.05) is 43.9 Å². The Balaban J connectivity index is 1.90. The molecule has 0 saturated carbocycles. The topological polar surface area (TPSA) is 40.6 Å². The second-order valence-corrected chi connectivity index (χ2v) is 8.83. The Labute approximate surface area is 172 Å². The fourth-order valence-electron chi connectivity index (χ4n) is 3.82. The van der Waals surface area contributed by atoms with Crippen molar-refractivity contribution in [3.63, 3.8) is 0 Å². The lowest BCUT2D eigenvalue weighted by Gasteiger charge is -2.38. The van der Waals surface area contributed by atoms with Gasteiger partial charge in [0.2, 0.25) is 11.8 Å². The van der Waals surface area contributed by atoms with Crippen molar-refractivity contribution in [2.24, 2.45) is 5.92 Å². The molecule has 0 radical (unpaired) electrons. The smallest absolute Gasteiger partial charge is 0.243 e. The third kappa shape index (κ3) is 4.14. The minimum atomic E-state index is -0.114. The van der Waals surface area contributed by atoms with Crippen LogP contribution in [0, 0.1) is 5.92 Å². The lowest BCUT2D eigenvalue weighted by molar-refractivity contribution is -0.145. The number of thiophene rings is 1. The summed E-state index contributed by atoms with van der Waals surface area (Å²) in [6.45, 7) is 8.71. The van der Waals surface area contributed by atoms with E-state index in [0.29, 0.717) is 6.54 Å². The van der Waals surface area contributed by atoms with Gasteiger partial charge in [0.1, 0.15) is 6.54 Å². The lowest BCUT2D eigenvalue weighted by atomic mass is 9.93. The number of carbonyl (C=O) groups excluding carboxylic acids is 2. The van der Waals surface area contributed by atoms with Crippen LogP contribution < -0.4 is 0 Å². The molecule has 2 heterocycles. The van der Waals surface area contributed by atoms with E-state index in [2.05, 4.69) is 30.5 Å². The van der Waals surface area contributed by atoms with Crippen LogP contribution in [-0.4, -0.2) is 40.7 Å². The minimum Gasteiger partial charge on any atom is -0.330 e. The van der Waals surface area contributed by atoms with E-state index in [9.17, 15) is 9.59 Å². The molecule has 1 aliphatic rings. The highest BCUT2D eigenvalue weighted by Crippen LogP contribution is 2.37. The van der Waals surface area contributed by atoms with Crippen LogP contribution in [0.3, 0.4) is 0 Å². The minimum absolute atomic E-state index is 0.0278. The molecule has 0 saturated heterocycles. The maximum absolute atomic E-state index is 13.4. The van der Waals surface area contributed by atoms with E-state index in [0.717, 1.165) is 18.4 Å². The molecule has 0 bridgehead atoms. The highest BCUT2D eigenvalue weighted by Gasteiger charge is 2.34. The second-order valence-electron chi connectivity index (χ2n) is 7.83. The Kier molecular flexibility index (Phi) is 6.55. The lowest BCUT2D eigenvalue weighted by Crippen LogP contribution is -2.50. The fraction of sp³-hybridized carbons (Fsp3) is 0.478. The summed E-state index contributed by atoms with van der Waals surface area (Å²) in [5.41, 5.74) is 2.35. The number of hydrogen-bond donors (Lipinski definition) is 0. The monoisotopic (exact) mass is 398 g/mol. The molecule has 28 heavy (non-hydrogen) atoms. The van der Waals surface area contributed by atoms with Gasteiger partial charge in [0.25, 0.3) is 0 Å². The molecule has 1 aromatic heterocycles. The summed E-state index contributed by atoms with van der Waals surface area (Å²) >= 11 is 1.77. The van der Waals surface area contributed by atoms with E-state index < -0.39 is 0 Å². The highest BCUT2D eigenvalue weighted by atomic mass is 32.1. The van der Waals surface area contributed by atoms with Crippen LogP contribution in [0.2, 0.25) is 0 Å². The summed E-state index contributed by atoms with van der Waals surface area (Å²) < 4.78 is 0. The first-order valence-corrected chi connectivity index (χ1v) is 11.0. The first-order chi connectivity index (χ1) is 13.4. The van der Waals surface area contributed by atoms with E-state index in [1.165, 1.54) is 10.4 Å². The van der Waals surface area contributed by atoms with Gasteiger partial charge in [0, 0.05) is 23.4 Å². The van der Waals surface area contributed by atoms with Crippen LogP contribution in [0.1, 0.15) is 56.2 Å². The molecule has 0 aliphatic carbocycles. The van der Waals surface area contributed by atoms with Crippen molar-refractivity contribution >= 4 is 23.2 Å². The molecular weight excluding hydrogens is 368 g/mol. The Morgan fingerprint density at radius 2 is 1.89 bits per heavy atom. The Morgan fingerprint density at radius 1 is 1.18 bits per heavy atom. The van der Waals surface area contributed by atoms with E-state index in [4.69, 9.17) is 0 Å². The predicted octanol–water partition coefficient (Wildman–Crippen LogP) is 4.51. The molecule has 2 amide bonds. The van der Waals surface area contributed by atoms with E-state index >= 15 is 0 Å². The molecule has 5 heteroatoms. The molecule has 2 aromatic rings. The van der Waals surface area contributed by atoms with Gasteiger partial charge in [0.15, 0.2) is 0 Å². The summed E-state index contributed by atoms with van der Waals surface area (Å²) in [5, 5.41) is 2.11. The van der Waals surface area contributed by atoms with Gasteiger partial charge in [-0.3, -0.25) is 9.59 Å². The van der Waals surface area contributed by atoms with Crippen molar-refractivity contribution in [2.45, 2.75) is 52.6 Å². The number of nitrogens with zero attached hydrogens (tertiary/aromatic N) is 2. The van der Waals surface area contributed by atoms with Crippen molar-refractivity contribution < 1.29 is 9.59 Å². The Morgan fingerprint density at radius 3 is 2.54 bits per heavy atom. The van der Waals surface area contributed by atoms with Crippen molar-refractivity contribution in [1.82, 2.24) is 9.80 Å². The maximum atomic E-state index is 13.4. The number of carbonyl (C=O) groups is 2. The van der Waals surface area contributed by atoms with Gasteiger partial charge < -0.3 is 9.80 Å². The standard InChI is InChI=1S/C23H30N2O2S/c1-5-17(4)25(23(27)16(2)3)15-21(26)24-13-11-20-19(12-14-28-20)22(24)18-9-7-6-8-10-18/h6-10,12,14,16-17,22H,5,11,13,15H2,1-4H3. The summed E-state index contributed by atoms with van der Waals surface area (Å²) in [6.07, 6.45) is 1.71. The zero-order valence-corrected chi connectivity index (χ0v) is 18.0. The Bertz CT molecular complexity index is 815. The van der Waals surface area contributed by atoms with Gasteiger partial charge in [-0.1, -0.05) is 51.1 Å². The van der Waals surface area contributed by atoms with Gasteiger partial charge in [-0.15, -0.1) is 11.3 Å². The van der Waals surface area contributed by atoms with Crippen LogP contribution >= 0.6 is 11.3 Å². The molecule has 2 atom stereocenters. The summed E-state index contributed by atoms with van der Waals surface area (Å²) in [5.74, 6) is -0.0382. The summed E-state index contributed by atoms with van der Waals surface area (Å²) in [7, 11) is 0. The summed E-state index contributed by atoms with van der Waals surface area (Å²) in [4.78, 5) is 31.2.